The third kappa shape index (κ3) is 3.06. The highest BCUT2D eigenvalue weighted by molar-refractivity contribution is 6.11. The van der Waals surface area contributed by atoms with Crippen molar-refractivity contribution in [2.75, 3.05) is 0 Å². The third-order valence-corrected chi connectivity index (χ3v) is 2.96. The molecule has 2 bridgehead atoms. The molecule has 0 radical (unpaired) electrons. The third-order valence-electron chi connectivity index (χ3n) is 2.96. The van der Waals surface area contributed by atoms with Crippen LogP contribution in [0.4, 0.5) is 9.59 Å². The second-order valence-corrected chi connectivity index (χ2v) is 4.42. The average Bonchev–Trinajstić information content (AvgIpc) is 2.59. The van der Waals surface area contributed by atoms with Crippen LogP contribution in [0.25, 0.3) is 21.9 Å². The highest BCUT2D eigenvalue weighted by Gasteiger charge is 2.19. The summed E-state index contributed by atoms with van der Waals surface area (Å²) >= 11 is 0. The van der Waals surface area contributed by atoms with Gasteiger partial charge in [0.1, 0.15) is 22.7 Å². The predicted octanol–water partition coefficient (Wildman–Crippen LogP) is 2.17. The van der Waals surface area contributed by atoms with Crippen LogP contribution >= 0.6 is 0 Å². The quantitative estimate of drug-likeness (QED) is 0.513. The molecule has 25 heavy (non-hydrogen) atoms. The lowest BCUT2D eigenvalue weighted by atomic mass is 10.1. The van der Waals surface area contributed by atoms with Crippen LogP contribution in [-0.4, -0.2) is 22.5 Å². The lowest BCUT2D eigenvalue weighted by molar-refractivity contribution is 0.142. The van der Waals surface area contributed by atoms with Gasteiger partial charge in [0.25, 0.3) is 0 Å². The zero-order valence-corrected chi connectivity index (χ0v) is 11.9. The molecule has 2 N–H and O–H groups in total. The Bertz CT molecular complexity index is 1060. The maximum absolute atomic E-state index is 11.5. The molecule has 0 fully saturated rings. The number of ether oxygens (including phenoxy) is 2. The summed E-state index contributed by atoms with van der Waals surface area (Å²) in [5, 5.41) is 17.3. The van der Waals surface area contributed by atoms with Gasteiger partial charge in [-0.25, -0.2) is 19.2 Å². The van der Waals surface area contributed by atoms with Crippen LogP contribution in [0.5, 0.6) is 11.5 Å². The molecule has 3 rings (SSSR count). The van der Waals surface area contributed by atoms with Crippen LogP contribution in [0.15, 0.2) is 47.1 Å². The summed E-state index contributed by atoms with van der Waals surface area (Å²) in [6.07, 6.45) is -3.36. The van der Waals surface area contributed by atoms with E-state index < -0.39 is 24.0 Å². The van der Waals surface area contributed by atoms with Gasteiger partial charge in [0.05, 0.1) is 10.8 Å². The summed E-state index contributed by atoms with van der Waals surface area (Å²) in [5.41, 5.74) is -0.539. The van der Waals surface area contributed by atoms with Crippen LogP contribution in [0.1, 0.15) is 0 Å². The Balaban J connectivity index is 2.60. The van der Waals surface area contributed by atoms with Gasteiger partial charge in [-0.15, -0.1) is 0 Å². The number of fused-ring (bicyclic) bond motifs is 6. The lowest BCUT2D eigenvalue weighted by Gasteiger charge is -2.09. The molecule has 0 unspecified atom stereocenters. The first-order valence-electron chi connectivity index (χ1n) is 6.38. The Morgan fingerprint density at radius 2 is 1.12 bits per heavy atom. The van der Waals surface area contributed by atoms with Crippen molar-refractivity contribution in [2.45, 2.75) is 0 Å². The molecular formula is C14H6O11. The maximum Gasteiger partial charge on any atom is 0.524 e. The van der Waals surface area contributed by atoms with Crippen molar-refractivity contribution in [1.82, 2.24) is 0 Å². The van der Waals surface area contributed by atoms with Crippen molar-refractivity contribution >= 4 is 34.2 Å². The Kier molecular flexibility index (Phi) is 3.73. The van der Waals surface area contributed by atoms with Gasteiger partial charge < -0.3 is 32.9 Å². The van der Waals surface area contributed by atoms with Crippen molar-refractivity contribution in [3.8, 4) is 11.5 Å². The number of hydrogen-bond donors (Lipinski definition) is 2. The fourth-order valence-electron chi connectivity index (χ4n) is 2.19. The van der Waals surface area contributed by atoms with Crippen molar-refractivity contribution < 1.29 is 42.5 Å². The van der Waals surface area contributed by atoms with Crippen LogP contribution in [0, 0.1) is 0 Å². The molecule has 0 atom stereocenters. The maximum atomic E-state index is 11.5. The minimum Gasteiger partial charge on any atom is -0.449 e. The van der Waals surface area contributed by atoms with E-state index in [2.05, 4.69) is 13.9 Å². The van der Waals surface area contributed by atoms with E-state index in [-0.39, 0.29) is 33.4 Å². The number of hydrogen-bond acceptors (Lipinski definition) is 9. The van der Waals surface area contributed by atoms with Gasteiger partial charge in [-0.1, -0.05) is 0 Å². The van der Waals surface area contributed by atoms with Crippen molar-refractivity contribution in [3.05, 3.63) is 45.5 Å². The zero-order chi connectivity index (χ0) is 18.1. The molecule has 0 amide bonds. The Morgan fingerprint density at radius 1 is 0.720 bits per heavy atom. The van der Waals surface area contributed by atoms with E-state index in [9.17, 15) is 19.2 Å². The second-order valence-electron chi connectivity index (χ2n) is 4.42. The molecule has 0 saturated heterocycles. The van der Waals surface area contributed by atoms with Crippen molar-refractivity contribution in [3.63, 3.8) is 0 Å². The van der Waals surface area contributed by atoms with Crippen LogP contribution < -0.4 is 21.1 Å². The average molecular weight is 350 g/mol. The zero-order valence-electron chi connectivity index (χ0n) is 11.9. The molecule has 11 nitrogen and oxygen atoms in total. The number of benzene rings is 2. The smallest absolute Gasteiger partial charge is 0.449 e. The molecule has 0 aliphatic carbocycles. The van der Waals surface area contributed by atoms with E-state index >= 15 is 0 Å². The van der Waals surface area contributed by atoms with E-state index in [1.807, 2.05) is 0 Å². The summed E-state index contributed by atoms with van der Waals surface area (Å²) in [4.78, 5) is 44.7. The van der Waals surface area contributed by atoms with Gasteiger partial charge in [0, 0.05) is 0 Å². The molecule has 0 saturated carbocycles. The molecule has 2 aromatic carbocycles. The fourth-order valence-corrected chi connectivity index (χ4v) is 2.19. The van der Waals surface area contributed by atoms with Gasteiger partial charge in [0.2, 0.25) is 0 Å². The molecule has 0 spiro atoms. The van der Waals surface area contributed by atoms with Crippen LogP contribution in [0.3, 0.4) is 0 Å². The summed E-state index contributed by atoms with van der Waals surface area (Å²) in [5.74, 6) is -3.51. The monoisotopic (exact) mass is 350 g/mol. The number of carbonyl (C=O) groups is 2. The first kappa shape index (κ1) is 15.9. The first-order valence-corrected chi connectivity index (χ1v) is 6.38. The van der Waals surface area contributed by atoms with E-state index in [0.717, 1.165) is 12.1 Å². The summed E-state index contributed by atoms with van der Waals surface area (Å²) in [6.45, 7) is 0. The van der Waals surface area contributed by atoms with E-state index in [4.69, 9.17) is 19.0 Å². The molecule has 11 heteroatoms. The van der Waals surface area contributed by atoms with Gasteiger partial charge in [-0.2, -0.15) is 0 Å². The molecule has 128 valence electrons. The molecule has 1 heterocycles. The van der Waals surface area contributed by atoms with Crippen molar-refractivity contribution in [2.24, 2.45) is 0 Å². The number of carboxylic acid groups (broad SMARTS) is 2. The number of rotatable bonds is 2. The van der Waals surface area contributed by atoms with E-state index in [1.165, 1.54) is 12.1 Å². The van der Waals surface area contributed by atoms with Crippen LogP contribution in [-0.2, 0) is 0 Å². The SMILES string of the molecule is O=C(O)Oc1ccc(OC(=O)O)c2c3ccc(oc(=O)oc(=O)o3)c12. The Hall–Kier alpha value is -4.02. The van der Waals surface area contributed by atoms with Gasteiger partial charge in [-0.3, -0.25) is 0 Å². The molecule has 3 aromatic rings. The van der Waals surface area contributed by atoms with Gasteiger partial charge >= 0.3 is 24.0 Å². The minimum atomic E-state index is -1.68. The topological polar surface area (TPSA) is 167 Å². The molecule has 0 aliphatic rings. The van der Waals surface area contributed by atoms with Gasteiger partial charge in [0.15, 0.2) is 0 Å². The van der Waals surface area contributed by atoms with E-state index in [0.29, 0.717) is 0 Å². The highest BCUT2D eigenvalue weighted by Crippen LogP contribution is 2.38. The largest absolute Gasteiger partial charge is 0.524 e. The highest BCUT2D eigenvalue weighted by atomic mass is 16.7. The summed E-state index contributed by atoms with van der Waals surface area (Å²) in [6, 6.07) is 4.51. The Labute approximate surface area is 134 Å². The summed E-state index contributed by atoms with van der Waals surface area (Å²) < 4.78 is 23.0. The Morgan fingerprint density at radius 3 is 1.48 bits per heavy atom. The normalized spacial score (nSPS) is 10.6. The van der Waals surface area contributed by atoms with Crippen molar-refractivity contribution in [1.29, 1.82) is 0 Å². The second kappa shape index (κ2) is 5.88. The minimum absolute atomic E-state index is 0.176. The van der Waals surface area contributed by atoms with E-state index in [1.54, 1.807) is 0 Å². The predicted molar refractivity (Wildman–Crippen MR) is 76.9 cm³/mol. The molecular weight excluding hydrogens is 344 g/mol. The molecule has 1 aromatic heterocycles. The molecule has 0 aliphatic heterocycles. The fraction of sp³-hybridized carbons (Fsp3) is 0. The standard InChI is InChI=1S/C14H6O11/c15-11(16)21-5-1-2-6(22-12(17)18)10-8-4-3-7(9(5)10)23-13(19)25-14(20)24-8/h1-4H,(H,15,16)(H,17,18). The lowest BCUT2D eigenvalue weighted by Crippen LogP contribution is -2.06. The summed E-state index contributed by atoms with van der Waals surface area (Å²) in [7, 11) is 0. The van der Waals surface area contributed by atoms with Gasteiger partial charge in [-0.05, 0) is 24.3 Å². The van der Waals surface area contributed by atoms with Crippen LogP contribution in [0.2, 0.25) is 0 Å². The first-order chi connectivity index (χ1) is 11.8.